The van der Waals surface area contributed by atoms with Crippen molar-refractivity contribution in [1.29, 1.82) is 0 Å². The van der Waals surface area contributed by atoms with E-state index in [0.717, 1.165) is 21.3 Å². The Morgan fingerprint density at radius 2 is 1.90 bits per heavy atom. The van der Waals surface area contributed by atoms with Crippen LogP contribution in [0.3, 0.4) is 0 Å². The van der Waals surface area contributed by atoms with E-state index in [2.05, 4.69) is 15.9 Å². The molecule has 39 heavy (non-hydrogen) atoms. The van der Waals surface area contributed by atoms with Crippen molar-refractivity contribution < 1.29 is 33.8 Å². The molecular weight excluding hydrogens is 584 g/mol. The number of rotatable bonds is 7. The summed E-state index contributed by atoms with van der Waals surface area (Å²) in [5.74, 6) is -1.06. The van der Waals surface area contributed by atoms with Crippen molar-refractivity contribution in [3.8, 4) is 0 Å². The first kappa shape index (κ1) is 28.0. The van der Waals surface area contributed by atoms with Gasteiger partial charge in [0, 0.05) is 40.7 Å². The van der Waals surface area contributed by atoms with Crippen LogP contribution < -0.4 is 9.80 Å². The van der Waals surface area contributed by atoms with Gasteiger partial charge in [-0.2, -0.15) is 0 Å². The highest BCUT2D eigenvalue weighted by Crippen LogP contribution is 2.60. The molecule has 2 aromatic carbocycles. The first-order valence-corrected chi connectivity index (χ1v) is 16.9. The molecule has 1 unspecified atom stereocenters. The van der Waals surface area contributed by atoms with Crippen molar-refractivity contribution in [1.82, 2.24) is 0 Å². The quantitative estimate of drug-likeness (QED) is 0.276. The largest absolute Gasteiger partial charge is 0.441 e. The number of esters is 1. The van der Waals surface area contributed by atoms with Gasteiger partial charge in [-0.25, -0.2) is 0 Å². The number of carbonyl (C=O) groups is 3. The third-order valence-electron chi connectivity index (χ3n) is 8.12. The average Bonchev–Trinajstić information content (AvgIpc) is 3.26. The van der Waals surface area contributed by atoms with Crippen molar-refractivity contribution >= 4 is 53.4 Å². The second kappa shape index (κ2) is 10.1. The van der Waals surface area contributed by atoms with Gasteiger partial charge in [-0.1, -0.05) is 35.0 Å². The minimum Gasteiger partial charge on any atom is -0.441 e. The van der Waals surface area contributed by atoms with Crippen LogP contribution in [0, 0.1) is 5.92 Å². The Bertz CT molecular complexity index is 1310. The van der Waals surface area contributed by atoms with E-state index in [1.165, 1.54) is 11.8 Å². The number of benzene rings is 2. The van der Waals surface area contributed by atoms with Gasteiger partial charge >= 0.3 is 5.97 Å². The second-order valence-electron chi connectivity index (χ2n) is 11.1. The Kier molecular flexibility index (Phi) is 7.26. The number of hydrogen-bond acceptors (Lipinski definition) is 7. The first-order valence-electron chi connectivity index (χ1n) is 13.1. The lowest BCUT2D eigenvalue weighted by Gasteiger charge is -2.39. The van der Waals surface area contributed by atoms with Crippen LogP contribution in [0.2, 0.25) is 18.6 Å². The molecule has 2 N–H and O–H groups in total. The highest BCUT2D eigenvalue weighted by Gasteiger charge is 2.66. The number of amides is 2. The molecule has 0 saturated carbocycles. The lowest BCUT2D eigenvalue weighted by atomic mass is 9.82. The van der Waals surface area contributed by atoms with Gasteiger partial charge in [-0.05, 0) is 55.4 Å². The third-order valence-corrected chi connectivity index (χ3v) is 11.1. The Labute approximate surface area is 237 Å². The second-order valence-corrected chi connectivity index (χ2v) is 16.0. The standard InChI is InChI=1S/C28H33BrN2O7Si/c1-16-26(39(3,4)36)23(11-12-32)38-28(16)21-13-19(29)7-10-22(21)30(27(28)35)15-18-5-8-20(9-6-18)31-24(34)14-25(31)37-17(2)33/h5-10,13,16,23,25-26,32,36H,11-12,14-15H2,1-4H3/t16-,23+,25?,26-,28+/m0/s1. The van der Waals surface area contributed by atoms with Crippen molar-refractivity contribution in [2.45, 2.75) is 69.8 Å². The molecular formula is C28H33BrN2O7Si. The SMILES string of the molecule is CC(=O)OC1CC(=O)N1c1ccc(CN2C(=O)[C@]3(O[C@H](CCO)[C@@H]([Si](C)(C)O)[C@@H]3C)c3cc(Br)ccc32)cc1. The predicted molar refractivity (Wildman–Crippen MR) is 150 cm³/mol. The summed E-state index contributed by atoms with van der Waals surface area (Å²) in [6.07, 6.45) is -0.547. The number of aliphatic hydroxyl groups excluding tert-OH is 1. The zero-order valence-corrected chi connectivity index (χ0v) is 25.0. The van der Waals surface area contributed by atoms with Crippen LogP contribution in [0.4, 0.5) is 11.4 Å². The summed E-state index contributed by atoms with van der Waals surface area (Å²) < 4.78 is 12.6. The predicted octanol–water partition coefficient (Wildman–Crippen LogP) is 3.80. The molecule has 2 saturated heterocycles. The fourth-order valence-electron chi connectivity index (χ4n) is 6.53. The van der Waals surface area contributed by atoms with Gasteiger partial charge in [0.05, 0.1) is 24.8 Å². The van der Waals surface area contributed by atoms with E-state index in [9.17, 15) is 24.3 Å². The molecule has 208 valence electrons. The minimum atomic E-state index is -2.76. The molecule has 0 bridgehead atoms. The summed E-state index contributed by atoms with van der Waals surface area (Å²) >= 11 is 3.55. The number of aliphatic hydroxyl groups is 1. The molecule has 0 radical (unpaired) electrons. The van der Waals surface area contributed by atoms with Crippen molar-refractivity contribution in [3.63, 3.8) is 0 Å². The molecule has 5 rings (SSSR count). The number of β-lactam (4-membered cyclic amide) rings is 1. The molecule has 3 aliphatic rings. The van der Waals surface area contributed by atoms with Gasteiger partial charge < -0.3 is 24.3 Å². The van der Waals surface area contributed by atoms with E-state index in [-0.39, 0.29) is 42.8 Å². The minimum absolute atomic E-state index is 0.0954. The summed E-state index contributed by atoms with van der Waals surface area (Å²) in [6.45, 7) is 7.18. The number of halogens is 1. The normalized spacial score (nSPS) is 28.2. The zero-order chi connectivity index (χ0) is 28.3. The van der Waals surface area contributed by atoms with Gasteiger partial charge in [0.1, 0.15) is 0 Å². The van der Waals surface area contributed by atoms with Crippen LogP contribution >= 0.6 is 15.9 Å². The summed E-state index contributed by atoms with van der Waals surface area (Å²) in [5, 5.41) is 9.74. The van der Waals surface area contributed by atoms with Gasteiger partial charge in [0.2, 0.25) is 5.91 Å². The average molecular weight is 618 g/mol. The smallest absolute Gasteiger partial charge is 0.304 e. The van der Waals surface area contributed by atoms with Gasteiger partial charge in [-0.15, -0.1) is 0 Å². The molecule has 11 heteroatoms. The molecule has 0 aliphatic carbocycles. The fourth-order valence-corrected chi connectivity index (χ4v) is 9.50. The lowest BCUT2D eigenvalue weighted by Crippen LogP contribution is -2.54. The van der Waals surface area contributed by atoms with Gasteiger partial charge in [0.15, 0.2) is 20.1 Å². The molecule has 5 atom stereocenters. The first-order chi connectivity index (χ1) is 18.4. The molecule has 9 nitrogen and oxygen atoms in total. The van der Waals surface area contributed by atoms with Crippen LogP contribution in [0.15, 0.2) is 46.9 Å². The highest BCUT2D eigenvalue weighted by molar-refractivity contribution is 9.10. The van der Waals surface area contributed by atoms with Gasteiger partial charge in [-0.3, -0.25) is 19.3 Å². The summed E-state index contributed by atoms with van der Waals surface area (Å²) in [7, 11) is -2.76. The number of anilines is 2. The zero-order valence-electron chi connectivity index (χ0n) is 22.4. The van der Waals surface area contributed by atoms with Crippen molar-refractivity contribution in [3.05, 3.63) is 58.1 Å². The number of hydrogen-bond donors (Lipinski definition) is 2. The van der Waals surface area contributed by atoms with Crippen LogP contribution in [-0.4, -0.2) is 54.9 Å². The number of nitrogens with zero attached hydrogens (tertiary/aromatic N) is 2. The number of ether oxygens (including phenoxy) is 2. The maximum atomic E-state index is 14.3. The van der Waals surface area contributed by atoms with Crippen molar-refractivity contribution in [2.75, 3.05) is 16.4 Å². The fraction of sp³-hybridized carbons (Fsp3) is 0.464. The highest BCUT2D eigenvalue weighted by atomic mass is 79.9. The van der Waals surface area contributed by atoms with E-state index < -0.39 is 32.2 Å². The molecule has 0 aromatic heterocycles. The topological polar surface area (TPSA) is 117 Å². The van der Waals surface area contributed by atoms with Crippen LogP contribution in [-0.2, 0) is 36.0 Å². The Balaban J connectivity index is 1.46. The van der Waals surface area contributed by atoms with Crippen molar-refractivity contribution in [2.24, 2.45) is 5.92 Å². The Morgan fingerprint density at radius 3 is 2.49 bits per heavy atom. The van der Waals surface area contributed by atoms with Crippen LogP contribution in [0.25, 0.3) is 0 Å². The van der Waals surface area contributed by atoms with E-state index in [1.54, 1.807) is 17.0 Å². The lowest BCUT2D eigenvalue weighted by molar-refractivity contribution is -0.154. The van der Waals surface area contributed by atoms with Crippen LogP contribution in [0.5, 0.6) is 0 Å². The molecule has 2 aromatic rings. The summed E-state index contributed by atoms with van der Waals surface area (Å²) in [4.78, 5) is 52.2. The van der Waals surface area contributed by atoms with E-state index in [4.69, 9.17) is 9.47 Å². The maximum absolute atomic E-state index is 14.3. The van der Waals surface area contributed by atoms with E-state index in [0.29, 0.717) is 12.1 Å². The van der Waals surface area contributed by atoms with E-state index in [1.807, 2.05) is 50.3 Å². The summed E-state index contributed by atoms with van der Waals surface area (Å²) in [5.41, 5.74) is 1.46. The molecule has 2 amide bonds. The monoisotopic (exact) mass is 616 g/mol. The number of carbonyl (C=O) groups excluding carboxylic acids is 3. The Hall–Kier alpha value is -2.57. The molecule has 1 spiro atoms. The van der Waals surface area contributed by atoms with Crippen LogP contribution in [0.1, 0.15) is 37.8 Å². The maximum Gasteiger partial charge on any atom is 0.304 e. The molecule has 3 aliphatic heterocycles. The Morgan fingerprint density at radius 1 is 1.21 bits per heavy atom. The molecule has 2 fully saturated rings. The van der Waals surface area contributed by atoms with Gasteiger partial charge in [0.25, 0.3) is 5.91 Å². The third kappa shape index (κ3) is 4.63. The summed E-state index contributed by atoms with van der Waals surface area (Å²) in [6, 6.07) is 13.0. The number of fused-ring (bicyclic) bond motifs is 2. The van der Waals surface area contributed by atoms with E-state index >= 15 is 0 Å². The molecule has 3 heterocycles.